The molecule has 1 atom stereocenters. The minimum Gasteiger partial charge on any atom is -0.496 e. The largest absolute Gasteiger partial charge is 0.496 e. The molecule has 0 aliphatic heterocycles. The number of hydrogen-bond donors (Lipinski definition) is 1. The molecule has 2 rings (SSSR count). The number of hydrogen-bond acceptors (Lipinski definition) is 4. The highest BCUT2D eigenvalue weighted by atomic mass is 32.1. The third-order valence-electron chi connectivity index (χ3n) is 2.67. The second-order valence-electron chi connectivity index (χ2n) is 4.00. The van der Waals surface area contributed by atoms with Gasteiger partial charge in [0.1, 0.15) is 5.75 Å². The summed E-state index contributed by atoms with van der Waals surface area (Å²) in [5.74, 6) is 0.828. The van der Waals surface area contributed by atoms with Crippen molar-refractivity contribution in [1.82, 2.24) is 4.98 Å². The molecule has 17 heavy (non-hydrogen) atoms. The van der Waals surface area contributed by atoms with Crippen molar-refractivity contribution in [2.75, 3.05) is 7.11 Å². The van der Waals surface area contributed by atoms with Gasteiger partial charge in [0.25, 0.3) is 0 Å². The van der Waals surface area contributed by atoms with Crippen LogP contribution in [0.1, 0.15) is 27.1 Å². The van der Waals surface area contributed by atoms with Crippen molar-refractivity contribution in [1.29, 1.82) is 0 Å². The number of rotatable bonds is 3. The van der Waals surface area contributed by atoms with Gasteiger partial charge in [0, 0.05) is 16.6 Å². The van der Waals surface area contributed by atoms with Gasteiger partial charge >= 0.3 is 0 Å². The van der Waals surface area contributed by atoms with Crippen molar-refractivity contribution in [3.63, 3.8) is 0 Å². The highest BCUT2D eigenvalue weighted by Crippen LogP contribution is 2.31. The minimum absolute atomic E-state index is 0.170. The number of aromatic nitrogens is 1. The Morgan fingerprint density at radius 3 is 2.71 bits per heavy atom. The molecule has 4 heteroatoms. The normalized spacial score (nSPS) is 12.5. The first-order chi connectivity index (χ1) is 8.11. The Morgan fingerprint density at radius 1 is 1.35 bits per heavy atom. The van der Waals surface area contributed by atoms with Gasteiger partial charge in [-0.15, -0.1) is 11.3 Å². The number of nitrogens with two attached hydrogens (primary N) is 1. The van der Waals surface area contributed by atoms with E-state index >= 15 is 0 Å². The van der Waals surface area contributed by atoms with E-state index in [0.717, 1.165) is 21.2 Å². The second-order valence-corrected chi connectivity index (χ2v) is 5.27. The quantitative estimate of drug-likeness (QED) is 0.908. The summed E-state index contributed by atoms with van der Waals surface area (Å²) >= 11 is 1.62. The Hall–Kier alpha value is -1.39. The summed E-state index contributed by atoms with van der Waals surface area (Å²) in [7, 11) is 1.67. The van der Waals surface area contributed by atoms with Crippen LogP contribution in [-0.4, -0.2) is 12.1 Å². The predicted molar refractivity (Wildman–Crippen MR) is 70.6 cm³/mol. The van der Waals surface area contributed by atoms with E-state index in [1.807, 2.05) is 32.2 Å². The van der Waals surface area contributed by atoms with Gasteiger partial charge < -0.3 is 10.5 Å². The van der Waals surface area contributed by atoms with Crippen LogP contribution in [0.3, 0.4) is 0 Å². The minimum atomic E-state index is -0.170. The predicted octanol–water partition coefficient (Wildman–Crippen LogP) is 2.82. The molecular formula is C13H16N2OS. The van der Waals surface area contributed by atoms with Gasteiger partial charge in [-0.05, 0) is 19.9 Å². The van der Waals surface area contributed by atoms with Crippen LogP contribution in [0.15, 0.2) is 24.4 Å². The summed E-state index contributed by atoms with van der Waals surface area (Å²) in [6.45, 7) is 4.03. The van der Waals surface area contributed by atoms with Crippen LogP contribution in [-0.2, 0) is 0 Å². The van der Waals surface area contributed by atoms with E-state index in [2.05, 4.69) is 11.1 Å². The molecule has 0 bridgehead atoms. The van der Waals surface area contributed by atoms with Crippen LogP contribution >= 0.6 is 11.3 Å². The Morgan fingerprint density at radius 2 is 2.12 bits per heavy atom. The third kappa shape index (κ3) is 2.48. The molecule has 0 aliphatic carbocycles. The number of aryl methyl sites for hydroxylation is 2. The molecule has 0 saturated carbocycles. The molecule has 3 nitrogen and oxygen atoms in total. The van der Waals surface area contributed by atoms with E-state index in [4.69, 9.17) is 10.5 Å². The van der Waals surface area contributed by atoms with Crippen LogP contribution in [0.4, 0.5) is 0 Å². The topological polar surface area (TPSA) is 48.1 Å². The molecule has 0 fully saturated rings. The molecule has 0 aliphatic rings. The third-order valence-corrected chi connectivity index (χ3v) is 3.66. The van der Waals surface area contributed by atoms with Crippen molar-refractivity contribution in [3.8, 4) is 5.75 Å². The summed E-state index contributed by atoms with van der Waals surface area (Å²) in [4.78, 5) is 5.30. The van der Waals surface area contributed by atoms with E-state index in [1.54, 1.807) is 18.4 Å². The molecule has 1 aromatic carbocycles. The Kier molecular flexibility index (Phi) is 3.45. The molecule has 0 radical (unpaired) electrons. The van der Waals surface area contributed by atoms with E-state index < -0.39 is 0 Å². The number of ether oxygens (including phenoxy) is 1. The first kappa shape index (κ1) is 12.1. The zero-order valence-corrected chi connectivity index (χ0v) is 11.0. The number of benzene rings is 1. The van der Waals surface area contributed by atoms with Gasteiger partial charge in [-0.25, -0.2) is 4.98 Å². The molecule has 2 N–H and O–H groups in total. The Balaban J connectivity index is 2.42. The van der Waals surface area contributed by atoms with E-state index in [0.29, 0.717) is 0 Å². The lowest BCUT2D eigenvalue weighted by atomic mass is 10.0. The standard InChI is InChI=1S/C13H16N2OS/c1-8-4-5-11(16-3)10(6-8)13(14)12-7-15-9(2)17-12/h4-7,13H,14H2,1-3H3. The molecule has 0 spiro atoms. The lowest BCUT2D eigenvalue weighted by Crippen LogP contribution is -2.11. The lowest BCUT2D eigenvalue weighted by molar-refractivity contribution is 0.408. The maximum absolute atomic E-state index is 6.27. The average molecular weight is 248 g/mol. The van der Waals surface area contributed by atoms with E-state index in [9.17, 15) is 0 Å². The summed E-state index contributed by atoms with van der Waals surface area (Å²) in [6, 6.07) is 5.88. The van der Waals surface area contributed by atoms with Crippen molar-refractivity contribution >= 4 is 11.3 Å². The number of nitrogens with zero attached hydrogens (tertiary/aromatic N) is 1. The maximum atomic E-state index is 6.27. The average Bonchev–Trinajstić information content (AvgIpc) is 2.75. The van der Waals surface area contributed by atoms with Crippen molar-refractivity contribution < 1.29 is 4.74 Å². The van der Waals surface area contributed by atoms with Crippen LogP contribution < -0.4 is 10.5 Å². The molecule has 1 aromatic heterocycles. The fourth-order valence-corrected chi connectivity index (χ4v) is 2.58. The van der Waals surface area contributed by atoms with Crippen LogP contribution in [0.2, 0.25) is 0 Å². The highest BCUT2D eigenvalue weighted by Gasteiger charge is 2.16. The summed E-state index contributed by atoms with van der Waals surface area (Å²) in [5, 5.41) is 1.03. The SMILES string of the molecule is COc1ccc(C)cc1C(N)c1cnc(C)s1. The van der Waals surface area contributed by atoms with Gasteiger partial charge in [-0.3, -0.25) is 0 Å². The fraction of sp³-hybridized carbons (Fsp3) is 0.308. The van der Waals surface area contributed by atoms with Crippen LogP contribution in [0, 0.1) is 13.8 Å². The van der Waals surface area contributed by atoms with Crippen molar-refractivity contribution in [2.24, 2.45) is 5.73 Å². The summed E-state index contributed by atoms with van der Waals surface area (Å²) in [6.07, 6.45) is 1.84. The molecule has 0 amide bonds. The van der Waals surface area contributed by atoms with Crippen molar-refractivity contribution in [3.05, 3.63) is 45.4 Å². The zero-order chi connectivity index (χ0) is 12.4. The smallest absolute Gasteiger partial charge is 0.124 e. The summed E-state index contributed by atoms with van der Waals surface area (Å²) < 4.78 is 5.35. The Labute approximate surface area is 105 Å². The molecular weight excluding hydrogens is 232 g/mol. The van der Waals surface area contributed by atoms with E-state index in [1.165, 1.54) is 5.56 Å². The maximum Gasteiger partial charge on any atom is 0.124 e. The molecule has 1 unspecified atom stereocenters. The van der Waals surface area contributed by atoms with Gasteiger partial charge in [-0.1, -0.05) is 17.7 Å². The lowest BCUT2D eigenvalue weighted by Gasteiger charge is -2.14. The van der Waals surface area contributed by atoms with Gasteiger partial charge in [-0.2, -0.15) is 0 Å². The first-order valence-electron chi connectivity index (χ1n) is 5.44. The molecule has 90 valence electrons. The Bertz CT molecular complexity index is 522. The van der Waals surface area contributed by atoms with Gasteiger partial charge in [0.05, 0.1) is 18.2 Å². The number of methoxy groups -OCH3 is 1. The van der Waals surface area contributed by atoms with Crippen LogP contribution in [0.25, 0.3) is 0 Å². The fourth-order valence-electron chi connectivity index (χ4n) is 1.77. The van der Waals surface area contributed by atoms with Gasteiger partial charge in [0.15, 0.2) is 0 Å². The van der Waals surface area contributed by atoms with E-state index in [-0.39, 0.29) is 6.04 Å². The summed E-state index contributed by atoms with van der Waals surface area (Å²) in [5.41, 5.74) is 8.45. The first-order valence-corrected chi connectivity index (χ1v) is 6.26. The molecule has 1 heterocycles. The molecule has 0 saturated heterocycles. The van der Waals surface area contributed by atoms with Crippen LogP contribution in [0.5, 0.6) is 5.75 Å². The second kappa shape index (κ2) is 4.85. The number of thiazole rings is 1. The van der Waals surface area contributed by atoms with Crippen molar-refractivity contribution in [2.45, 2.75) is 19.9 Å². The zero-order valence-electron chi connectivity index (χ0n) is 10.2. The highest BCUT2D eigenvalue weighted by molar-refractivity contribution is 7.11. The van der Waals surface area contributed by atoms with Gasteiger partial charge in [0.2, 0.25) is 0 Å². The molecule has 2 aromatic rings. The monoisotopic (exact) mass is 248 g/mol.